The van der Waals surface area contributed by atoms with Crippen molar-refractivity contribution in [3.05, 3.63) is 65.2 Å². The summed E-state index contributed by atoms with van der Waals surface area (Å²) in [4.78, 5) is 11.9. The second kappa shape index (κ2) is 6.39. The number of nitrogens with one attached hydrogen (secondary N) is 1. The maximum Gasteiger partial charge on any atom is 0.251 e. The van der Waals surface area contributed by atoms with Crippen LogP contribution in [0.2, 0.25) is 0 Å². The molecule has 2 N–H and O–H groups in total. The lowest BCUT2D eigenvalue weighted by Crippen LogP contribution is -2.25. The van der Waals surface area contributed by atoms with Crippen LogP contribution in [0, 0.1) is 11.3 Å². The first-order chi connectivity index (χ1) is 9.69. The van der Waals surface area contributed by atoms with Gasteiger partial charge in [0.2, 0.25) is 0 Å². The Balaban J connectivity index is 1.85. The second-order valence-electron chi connectivity index (χ2n) is 4.36. The fraction of sp³-hybridized carbons (Fsp3) is 0.125. The van der Waals surface area contributed by atoms with Crippen LogP contribution in [0.25, 0.3) is 0 Å². The molecule has 0 bridgehead atoms. The maximum atomic E-state index is 11.9. The third-order valence-electron chi connectivity index (χ3n) is 2.91. The van der Waals surface area contributed by atoms with Crippen molar-refractivity contribution in [3.8, 4) is 11.8 Å². The van der Waals surface area contributed by atoms with E-state index in [-0.39, 0.29) is 11.7 Å². The first kappa shape index (κ1) is 13.6. The Morgan fingerprint density at radius 2 is 1.75 bits per heavy atom. The summed E-state index contributed by atoms with van der Waals surface area (Å²) in [5, 5.41) is 20.7. The van der Waals surface area contributed by atoms with Crippen LogP contribution in [0.15, 0.2) is 48.5 Å². The lowest BCUT2D eigenvalue weighted by molar-refractivity contribution is 0.0954. The third kappa shape index (κ3) is 3.59. The van der Waals surface area contributed by atoms with E-state index in [0.717, 1.165) is 5.56 Å². The molecule has 4 nitrogen and oxygen atoms in total. The summed E-state index contributed by atoms with van der Waals surface area (Å²) in [5.74, 6) is 0.0728. The number of hydrogen-bond donors (Lipinski definition) is 2. The zero-order valence-corrected chi connectivity index (χ0v) is 10.8. The second-order valence-corrected chi connectivity index (χ2v) is 4.36. The molecule has 0 aliphatic rings. The first-order valence-electron chi connectivity index (χ1n) is 6.25. The number of nitrogens with zero attached hydrogens (tertiary/aromatic N) is 1. The predicted molar refractivity (Wildman–Crippen MR) is 75.3 cm³/mol. The van der Waals surface area contributed by atoms with Gasteiger partial charge in [-0.15, -0.1) is 0 Å². The van der Waals surface area contributed by atoms with Gasteiger partial charge in [0.15, 0.2) is 0 Å². The summed E-state index contributed by atoms with van der Waals surface area (Å²) in [6, 6.07) is 15.4. The minimum absolute atomic E-state index is 0.159. The molecule has 0 atom stereocenters. The molecule has 0 saturated heterocycles. The van der Waals surface area contributed by atoms with E-state index >= 15 is 0 Å². The van der Waals surface area contributed by atoms with Gasteiger partial charge < -0.3 is 10.4 Å². The summed E-state index contributed by atoms with van der Waals surface area (Å²) >= 11 is 0. The standard InChI is InChI=1S/C16H14N2O2/c17-11-13-1-5-14(6-2-13)16(20)18-10-9-12-3-7-15(19)8-4-12/h1-8,19H,9-10H2,(H,18,20). The Morgan fingerprint density at radius 1 is 1.10 bits per heavy atom. The van der Waals surface area contributed by atoms with E-state index < -0.39 is 0 Å². The number of amides is 1. The normalized spacial score (nSPS) is 9.75. The Morgan fingerprint density at radius 3 is 2.35 bits per heavy atom. The van der Waals surface area contributed by atoms with E-state index in [4.69, 9.17) is 10.4 Å². The molecule has 4 heteroatoms. The molecular weight excluding hydrogens is 252 g/mol. The number of nitriles is 1. The molecule has 2 rings (SSSR count). The van der Waals surface area contributed by atoms with E-state index in [1.807, 2.05) is 18.2 Å². The van der Waals surface area contributed by atoms with E-state index in [9.17, 15) is 4.79 Å². The monoisotopic (exact) mass is 266 g/mol. The Hall–Kier alpha value is -2.80. The lowest BCUT2D eigenvalue weighted by Gasteiger charge is -2.05. The predicted octanol–water partition coefficient (Wildman–Crippen LogP) is 2.24. The molecule has 0 unspecified atom stereocenters. The van der Waals surface area contributed by atoms with Crippen LogP contribution in [0.3, 0.4) is 0 Å². The van der Waals surface area contributed by atoms with Gasteiger partial charge in [-0.3, -0.25) is 4.79 Å². The fourth-order valence-electron chi connectivity index (χ4n) is 1.78. The molecule has 0 heterocycles. The molecule has 0 spiro atoms. The lowest BCUT2D eigenvalue weighted by atomic mass is 10.1. The summed E-state index contributed by atoms with van der Waals surface area (Å²) in [6.07, 6.45) is 0.697. The van der Waals surface area contributed by atoms with Crippen molar-refractivity contribution in [1.82, 2.24) is 5.32 Å². The molecule has 0 saturated carbocycles. The number of phenolic OH excluding ortho intramolecular Hbond substituents is 1. The van der Waals surface area contributed by atoms with E-state index in [2.05, 4.69) is 5.32 Å². The number of phenols is 1. The van der Waals surface area contributed by atoms with Crippen molar-refractivity contribution in [2.24, 2.45) is 0 Å². The van der Waals surface area contributed by atoms with Gasteiger partial charge in [0.25, 0.3) is 5.91 Å². The van der Waals surface area contributed by atoms with Crippen molar-refractivity contribution in [3.63, 3.8) is 0 Å². The quantitative estimate of drug-likeness (QED) is 0.891. The van der Waals surface area contributed by atoms with Crippen molar-refractivity contribution < 1.29 is 9.90 Å². The highest BCUT2D eigenvalue weighted by Gasteiger charge is 2.04. The summed E-state index contributed by atoms with van der Waals surface area (Å²) in [7, 11) is 0. The first-order valence-corrected chi connectivity index (χ1v) is 6.25. The highest BCUT2D eigenvalue weighted by atomic mass is 16.3. The van der Waals surface area contributed by atoms with Crippen molar-refractivity contribution in [2.75, 3.05) is 6.54 Å². The van der Waals surface area contributed by atoms with Gasteiger partial charge in [0.1, 0.15) is 5.75 Å². The minimum Gasteiger partial charge on any atom is -0.508 e. The molecular formula is C16H14N2O2. The zero-order valence-electron chi connectivity index (χ0n) is 10.8. The van der Waals surface area contributed by atoms with Gasteiger partial charge in [-0.25, -0.2) is 0 Å². The van der Waals surface area contributed by atoms with Crippen LogP contribution in [0.4, 0.5) is 0 Å². The van der Waals surface area contributed by atoms with E-state index in [0.29, 0.717) is 24.1 Å². The number of benzene rings is 2. The molecule has 0 aliphatic carbocycles. The van der Waals surface area contributed by atoms with Crippen molar-refractivity contribution in [1.29, 1.82) is 5.26 Å². The van der Waals surface area contributed by atoms with E-state index in [1.54, 1.807) is 36.4 Å². The Kier molecular flexibility index (Phi) is 4.35. The number of carbonyl (C=O) groups is 1. The van der Waals surface area contributed by atoms with Crippen LogP contribution in [-0.4, -0.2) is 17.6 Å². The van der Waals surface area contributed by atoms with E-state index in [1.165, 1.54) is 0 Å². The maximum absolute atomic E-state index is 11.9. The number of carbonyl (C=O) groups excluding carboxylic acids is 1. The molecule has 0 radical (unpaired) electrons. The summed E-state index contributed by atoms with van der Waals surface area (Å²) in [6.45, 7) is 0.517. The molecule has 1 amide bonds. The smallest absolute Gasteiger partial charge is 0.251 e. The molecule has 2 aromatic rings. The van der Waals surface area contributed by atoms with Gasteiger partial charge >= 0.3 is 0 Å². The average molecular weight is 266 g/mol. The highest BCUT2D eigenvalue weighted by molar-refractivity contribution is 5.94. The molecule has 100 valence electrons. The van der Waals surface area contributed by atoms with Crippen LogP contribution < -0.4 is 5.32 Å². The SMILES string of the molecule is N#Cc1ccc(C(=O)NCCc2ccc(O)cc2)cc1. The van der Waals surface area contributed by atoms with Crippen LogP contribution in [0.5, 0.6) is 5.75 Å². The van der Waals surface area contributed by atoms with Crippen molar-refractivity contribution >= 4 is 5.91 Å². The average Bonchev–Trinajstić information content (AvgIpc) is 2.49. The highest BCUT2D eigenvalue weighted by Crippen LogP contribution is 2.09. The van der Waals surface area contributed by atoms with Gasteiger partial charge in [0, 0.05) is 12.1 Å². The van der Waals surface area contributed by atoms with Crippen molar-refractivity contribution in [2.45, 2.75) is 6.42 Å². The largest absolute Gasteiger partial charge is 0.508 e. The van der Waals surface area contributed by atoms with Gasteiger partial charge in [0.05, 0.1) is 11.6 Å². The Bertz CT molecular complexity index is 625. The van der Waals surface area contributed by atoms with Gasteiger partial charge in [-0.05, 0) is 48.4 Å². The Labute approximate surface area is 117 Å². The van der Waals surface area contributed by atoms with Gasteiger partial charge in [-0.1, -0.05) is 12.1 Å². The summed E-state index contributed by atoms with van der Waals surface area (Å²) in [5.41, 5.74) is 2.11. The zero-order chi connectivity index (χ0) is 14.4. The summed E-state index contributed by atoms with van der Waals surface area (Å²) < 4.78 is 0. The number of hydrogen-bond acceptors (Lipinski definition) is 3. The van der Waals surface area contributed by atoms with Crippen LogP contribution >= 0.6 is 0 Å². The third-order valence-corrected chi connectivity index (χ3v) is 2.91. The topological polar surface area (TPSA) is 73.1 Å². The number of rotatable bonds is 4. The van der Waals surface area contributed by atoms with Gasteiger partial charge in [-0.2, -0.15) is 5.26 Å². The molecule has 0 aromatic heterocycles. The molecule has 0 fully saturated rings. The molecule has 2 aromatic carbocycles. The molecule has 20 heavy (non-hydrogen) atoms. The van der Waals surface area contributed by atoms with Crippen LogP contribution in [0.1, 0.15) is 21.5 Å². The number of aromatic hydroxyl groups is 1. The fourth-order valence-corrected chi connectivity index (χ4v) is 1.78. The molecule has 0 aliphatic heterocycles. The van der Waals surface area contributed by atoms with Crippen LogP contribution in [-0.2, 0) is 6.42 Å². The minimum atomic E-state index is -0.159.